The smallest absolute Gasteiger partial charge is 0.262 e. The van der Waals surface area contributed by atoms with Gasteiger partial charge in [-0.25, -0.2) is 8.78 Å². The van der Waals surface area contributed by atoms with Crippen LogP contribution in [0.5, 0.6) is 0 Å². The Bertz CT molecular complexity index is 219. The van der Waals surface area contributed by atoms with Crippen LogP contribution in [0.1, 0.15) is 6.42 Å². The minimum absolute atomic E-state index is 0.118. The lowest BCUT2D eigenvalue weighted by atomic mass is 10.1. The van der Waals surface area contributed by atoms with E-state index in [1.165, 1.54) is 0 Å². The molecule has 0 spiro atoms. The van der Waals surface area contributed by atoms with Crippen molar-refractivity contribution >= 4 is 5.91 Å². The van der Waals surface area contributed by atoms with Gasteiger partial charge in [0.15, 0.2) is 0 Å². The molecule has 0 aromatic carbocycles. The number of alkyl halides is 2. The Kier molecular flexibility index (Phi) is 1.57. The number of fused-ring (bicyclic) bond motifs is 1. The largest absolute Gasteiger partial charge is 0.353 e. The summed E-state index contributed by atoms with van der Waals surface area (Å²) < 4.78 is 25.6. The molecule has 0 aromatic rings. The molecular weight excluding hydrogens is 166 g/mol. The summed E-state index contributed by atoms with van der Waals surface area (Å²) in [5.41, 5.74) is 0. The van der Waals surface area contributed by atoms with Crippen LogP contribution >= 0.6 is 0 Å². The van der Waals surface area contributed by atoms with Crippen LogP contribution in [0, 0.1) is 0 Å². The first-order chi connectivity index (χ1) is 5.57. The second-order valence-electron chi connectivity index (χ2n) is 3.42. The zero-order valence-electron chi connectivity index (χ0n) is 6.52. The Labute approximate surface area is 68.7 Å². The number of nitrogens with one attached hydrogen (secondary N) is 1. The molecule has 1 amide bonds. The van der Waals surface area contributed by atoms with E-state index in [-0.39, 0.29) is 31.5 Å². The Balaban J connectivity index is 2.07. The van der Waals surface area contributed by atoms with Crippen LogP contribution in [-0.4, -0.2) is 42.4 Å². The highest BCUT2D eigenvalue weighted by atomic mass is 19.3. The first kappa shape index (κ1) is 7.91. The van der Waals surface area contributed by atoms with Crippen LogP contribution < -0.4 is 5.32 Å². The molecule has 2 heterocycles. The van der Waals surface area contributed by atoms with E-state index in [0.29, 0.717) is 6.54 Å². The molecule has 5 heteroatoms. The maximum Gasteiger partial charge on any atom is 0.262 e. The predicted octanol–water partition coefficient (Wildman–Crippen LogP) is -0.174. The number of hydrogen-bond donors (Lipinski definition) is 1. The number of hydrogen-bond acceptors (Lipinski definition) is 2. The van der Waals surface area contributed by atoms with E-state index in [1.54, 1.807) is 4.90 Å². The van der Waals surface area contributed by atoms with Crippen LogP contribution in [0.4, 0.5) is 8.78 Å². The quantitative estimate of drug-likeness (QED) is 0.555. The number of halogens is 2. The van der Waals surface area contributed by atoms with Gasteiger partial charge in [-0.2, -0.15) is 0 Å². The lowest BCUT2D eigenvalue weighted by molar-refractivity contribution is -0.124. The van der Waals surface area contributed by atoms with Gasteiger partial charge in [-0.15, -0.1) is 0 Å². The summed E-state index contributed by atoms with van der Waals surface area (Å²) in [6.07, 6.45) is -0.118. The second-order valence-corrected chi connectivity index (χ2v) is 3.42. The number of amides is 1. The Morgan fingerprint density at radius 1 is 1.58 bits per heavy atom. The minimum atomic E-state index is -2.60. The van der Waals surface area contributed by atoms with Crippen LogP contribution in [0.2, 0.25) is 0 Å². The van der Waals surface area contributed by atoms with Crippen molar-refractivity contribution in [3.63, 3.8) is 0 Å². The molecule has 0 radical (unpaired) electrons. The van der Waals surface area contributed by atoms with E-state index in [9.17, 15) is 13.6 Å². The highest BCUT2D eigenvalue weighted by Gasteiger charge is 2.46. The fraction of sp³-hybridized carbons (Fsp3) is 0.857. The standard InChI is InChI=1S/C7H10F2N2O/c8-7(9)1-5-2-10-6(12)3-11(5)4-7/h5H,1-4H2,(H,10,12). The van der Waals surface area contributed by atoms with E-state index < -0.39 is 5.92 Å². The molecule has 68 valence electrons. The third-order valence-electron chi connectivity index (χ3n) is 2.37. The summed E-state index contributed by atoms with van der Waals surface area (Å²) >= 11 is 0. The van der Waals surface area contributed by atoms with E-state index in [2.05, 4.69) is 5.32 Å². The topological polar surface area (TPSA) is 32.3 Å². The van der Waals surface area contributed by atoms with Crippen molar-refractivity contribution in [2.45, 2.75) is 18.4 Å². The van der Waals surface area contributed by atoms with Gasteiger partial charge < -0.3 is 5.32 Å². The molecular formula is C7H10F2N2O. The molecule has 1 unspecified atom stereocenters. The van der Waals surface area contributed by atoms with Crippen molar-refractivity contribution in [2.75, 3.05) is 19.6 Å². The number of carbonyl (C=O) groups excluding carboxylic acids is 1. The lowest BCUT2D eigenvalue weighted by Crippen LogP contribution is -2.51. The molecule has 2 aliphatic rings. The molecule has 0 aromatic heterocycles. The second kappa shape index (κ2) is 2.39. The average molecular weight is 176 g/mol. The number of carbonyl (C=O) groups is 1. The number of nitrogens with zero attached hydrogens (tertiary/aromatic N) is 1. The van der Waals surface area contributed by atoms with Crippen LogP contribution in [0.3, 0.4) is 0 Å². The van der Waals surface area contributed by atoms with Gasteiger partial charge in [0.25, 0.3) is 5.92 Å². The summed E-state index contributed by atoms with van der Waals surface area (Å²) in [6.45, 7) is 0.236. The fourth-order valence-electron chi connectivity index (χ4n) is 1.82. The first-order valence-electron chi connectivity index (χ1n) is 3.95. The van der Waals surface area contributed by atoms with Crippen molar-refractivity contribution in [1.29, 1.82) is 0 Å². The third kappa shape index (κ3) is 1.29. The fourth-order valence-corrected chi connectivity index (χ4v) is 1.82. The molecule has 0 aliphatic carbocycles. The third-order valence-corrected chi connectivity index (χ3v) is 2.37. The maximum atomic E-state index is 12.8. The molecule has 0 bridgehead atoms. The molecule has 2 saturated heterocycles. The first-order valence-corrected chi connectivity index (χ1v) is 3.95. The van der Waals surface area contributed by atoms with Crippen LogP contribution in [0.25, 0.3) is 0 Å². The van der Waals surface area contributed by atoms with Crippen molar-refractivity contribution in [3.05, 3.63) is 0 Å². The van der Waals surface area contributed by atoms with E-state index in [1.807, 2.05) is 0 Å². The number of piperazine rings is 1. The van der Waals surface area contributed by atoms with Crippen molar-refractivity contribution in [1.82, 2.24) is 10.2 Å². The molecule has 0 saturated carbocycles. The van der Waals surface area contributed by atoms with Crippen LogP contribution in [-0.2, 0) is 4.79 Å². The summed E-state index contributed by atoms with van der Waals surface area (Å²) in [6, 6.07) is -0.155. The Hall–Kier alpha value is -0.710. The predicted molar refractivity (Wildman–Crippen MR) is 37.9 cm³/mol. The average Bonchev–Trinajstić information content (AvgIpc) is 2.21. The van der Waals surface area contributed by atoms with Gasteiger partial charge in [-0.3, -0.25) is 9.69 Å². The highest BCUT2D eigenvalue weighted by molar-refractivity contribution is 5.79. The highest BCUT2D eigenvalue weighted by Crippen LogP contribution is 2.32. The lowest BCUT2D eigenvalue weighted by Gasteiger charge is -2.28. The van der Waals surface area contributed by atoms with Gasteiger partial charge in [0, 0.05) is 19.0 Å². The summed E-state index contributed by atoms with van der Waals surface area (Å²) in [5.74, 6) is -2.75. The molecule has 1 N–H and O–H groups in total. The van der Waals surface area contributed by atoms with Crippen molar-refractivity contribution in [2.24, 2.45) is 0 Å². The molecule has 2 aliphatic heterocycles. The van der Waals surface area contributed by atoms with Gasteiger partial charge in [-0.1, -0.05) is 0 Å². The van der Waals surface area contributed by atoms with Gasteiger partial charge in [-0.05, 0) is 0 Å². The zero-order valence-corrected chi connectivity index (χ0v) is 6.52. The van der Waals surface area contributed by atoms with E-state index in [4.69, 9.17) is 0 Å². The Morgan fingerprint density at radius 2 is 2.33 bits per heavy atom. The van der Waals surface area contributed by atoms with Gasteiger partial charge in [0.1, 0.15) is 0 Å². The zero-order chi connectivity index (χ0) is 8.77. The van der Waals surface area contributed by atoms with Crippen molar-refractivity contribution < 1.29 is 13.6 Å². The minimum Gasteiger partial charge on any atom is -0.353 e. The van der Waals surface area contributed by atoms with Gasteiger partial charge >= 0.3 is 0 Å². The molecule has 2 rings (SSSR count). The van der Waals surface area contributed by atoms with Crippen LogP contribution in [0.15, 0.2) is 0 Å². The normalized spacial score (nSPS) is 34.5. The number of rotatable bonds is 0. The van der Waals surface area contributed by atoms with E-state index >= 15 is 0 Å². The monoisotopic (exact) mass is 176 g/mol. The Morgan fingerprint density at radius 3 is 3.08 bits per heavy atom. The summed E-state index contributed by atoms with van der Waals surface area (Å²) in [5, 5.41) is 2.58. The van der Waals surface area contributed by atoms with E-state index in [0.717, 1.165) is 0 Å². The molecule has 12 heavy (non-hydrogen) atoms. The SMILES string of the molecule is O=C1CN2CC(F)(F)CC2CN1. The van der Waals surface area contributed by atoms with Gasteiger partial charge in [0.2, 0.25) is 5.91 Å². The van der Waals surface area contributed by atoms with Gasteiger partial charge in [0.05, 0.1) is 13.1 Å². The molecule has 3 nitrogen and oxygen atoms in total. The summed E-state index contributed by atoms with van der Waals surface area (Å²) in [7, 11) is 0. The maximum absolute atomic E-state index is 12.8. The summed E-state index contributed by atoms with van der Waals surface area (Å²) in [4.78, 5) is 12.4. The molecule has 2 fully saturated rings. The molecule has 1 atom stereocenters. The van der Waals surface area contributed by atoms with Crippen molar-refractivity contribution in [3.8, 4) is 0 Å².